The van der Waals surface area contributed by atoms with Gasteiger partial charge in [0.1, 0.15) is 0 Å². The summed E-state index contributed by atoms with van der Waals surface area (Å²) in [4.78, 5) is 0. The second-order valence-electron chi connectivity index (χ2n) is 3.65. The zero-order valence-corrected chi connectivity index (χ0v) is 8.85. The van der Waals surface area contributed by atoms with E-state index in [0.29, 0.717) is 0 Å². The number of rotatable bonds is 3. The average Bonchev–Trinajstić information content (AvgIpc) is 2.91. The highest BCUT2D eigenvalue weighted by atomic mass is 35.5. The van der Waals surface area contributed by atoms with E-state index in [-0.39, 0.29) is 5.38 Å². The van der Waals surface area contributed by atoms with Crippen molar-refractivity contribution in [2.45, 2.75) is 24.6 Å². The van der Waals surface area contributed by atoms with E-state index in [2.05, 4.69) is 6.07 Å². The minimum atomic E-state index is 0.278. The molecule has 1 saturated carbocycles. The van der Waals surface area contributed by atoms with Crippen LogP contribution in [-0.2, 0) is 6.42 Å². The second-order valence-corrected chi connectivity index (χ2v) is 4.62. The third-order valence-corrected chi connectivity index (χ3v) is 3.39. The third kappa shape index (κ3) is 2.38. The lowest BCUT2D eigenvalue weighted by atomic mass is 10.1. The van der Waals surface area contributed by atoms with E-state index in [1.54, 1.807) is 0 Å². The van der Waals surface area contributed by atoms with E-state index in [1.807, 2.05) is 18.2 Å². The standard InChI is InChI=1S/C11H12Cl2/c12-10-4-2-1-3-9(10)7-11(13)8-5-6-8/h1-4,8,11H,5-7H2. The summed E-state index contributed by atoms with van der Waals surface area (Å²) in [7, 11) is 0. The topological polar surface area (TPSA) is 0 Å². The molecule has 1 aliphatic rings. The van der Waals surface area contributed by atoms with Crippen LogP contribution in [0.25, 0.3) is 0 Å². The van der Waals surface area contributed by atoms with Gasteiger partial charge >= 0.3 is 0 Å². The summed E-state index contributed by atoms with van der Waals surface area (Å²) in [6.07, 6.45) is 3.49. The fraction of sp³-hybridized carbons (Fsp3) is 0.455. The Morgan fingerprint density at radius 2 is 2.00 bits per heavy atom. The summed E-state index contributed by atoms with van der Waals surface area (Å²) in [5.74, 6) is 0.734. The lowest BCUT2D eigenvalue weighted by molar-refractivity contribution is 0.737. The predicted molar refractivity (Wildman–Crippen MR) is 57.5 cm³/mol. The fourth-order valence-electron chi connectivity index (χ4n) is 1.50. The molecule has 1 aromatic rings. The maximum atomic E-state index is 6.23. The van der Waals surface area contributed by atoms with Crippen molar-refractivity contribution in [3.63, 3.8) is 0 Å². The van der Waals surface area contributed by atoms with Crippen molar-refractivity contribution in [1.29, 1.82) is 0 Å². The first-order chi connectivity index (χ1) is 6.27. The van der Waals surface area contributed by atoms with Gasteiger partial charge in [-0.25, -0.2) is 0 Å². The molecule has 0 nitrogen and oxygen atoms in total. The summed E-state index contributed by atoms with van der Waals surface area (Å²) >= 11 is 12.3. The smallest absolute Gasteiger partial charge is 0.0438 e. The highest BCUT2D eigenvalue weighted by molar-refractivity contribution is 6.31. The molecule has 0 radical (unpaired) electrons. The second kappa shape index (κ2) is 3.89. The van der Waals surface area contributed by atoms with Crippen molar-refractivity contribution in [2.75, 3.05) is 0 Å². The molecule has 0 aromatic heterocycles. The van der Waals surface area contributed by atoms with Crippen molar-refractivity contribution >= 4 is 23.2 Å². The van der Waals surface area contributed by atoms with Crippen LogP contribution in [0.15, 0.2) is 24.3 Å². The Morgan fingerprint density at radius 1 is 1.31 bits per heavy atom. The van der Waals surface area contributed by atoms with E-state index < -0.39 is 0 Å². The van der Waals surface area contributed by atoms with Crippen LogP contribution < -0.4 is 0 Å². The van der Waals surface area contributed by atoms with Crippen LogP contribution in [0.2, 0.25) is 5.02 Å². The van der Waals surface area contributed by atoms with E-state index >= 15 is 0 Å². The van der Waals surface area contributed by atoms with Gasteiger partial charge in [0.05, 0.1) is 0 Å². The Balaban J connectivity index is 2.03. The van der Waals surface area contributed by atoms with Crippen LogP contribution >= 0.6 is 23.2 Å². The zero-order valence-electron chi connectivity index (χ0n) is 7.34. The molecule has 1 atom stereocenters. The Labute approximate surface area is 88.9 Å². The molecule has 0 amide bonds. The van der Waals surface area contributed by atoms with Gasteiger partial charge in [-0.05, 0) is 36.8 Å². The van der Waals surface area contributed by atoms with E-state index in [1.165, 1.54) is 18.4 Å². The first kappa shape index (κ1) is 9.36. The molecule has 0 bridgehead atoms. The van der Waals surface area contributed by atoms with Gasteiger partial charge in [-0.15, -0.1) is 11.6 Å². The molecule has 2 rings (SSSR count). The molecule has 1 unspecified atom stereocenters. The molecule has 0 spiro atoms. The minimum Gasteiger partial charge on any atom is -0.122 e. The van der Waals surface area contributed by atoms with E-state index in [4.69, 9.17) is 23.2 Å². The number of hydrogen-bond acceptors (Lipinski definition) is 0. The van der Waals surface area contributed by atoms with Gasteiger partial charge in [0, 0.05) is 10.4 Å². The molecule has 1 aromatic carbocycles. The lowest BCUT2D eigenvalue weighted by Crippen LogP contribution is -2.05. The molecular weight excluding hydrogens is 203 g/mol. The fourth-order valence-corrected chi connectivity index (χ4v) is 2.13. The summed E-state index contributed by atoms with van der Waals surface area (Å²) in [5.41, 5.74) is 1.18. The van der Waals surface area contributed by atoms with Gasteiger partial charge < -0.3 is 0 Å². The highest BCUT2D eigenvalue weighted by Gasteiger charge is 2.29. The minimum absolute atomic E-state index is 0.278. The first-order valence-electron chi connectivity index (χ1n) is 4.65. The normalized spacial score (nSPS) is 18.6. The number of benzene rings is 1. The molecule has 13 heavy (non-hydrogen) atoms. The van der Waals surface area contributed by atoms with Gasteiger partial charge in [0.15, 0.2) is 0 Å². The van der Waals surface area contributed by atoms with Crippen LogP contribution in [0.4, 0.5) is 0 Å². The third-order valence-electron chi connectivity index (χ3n) is 2.51. The van der Waals surface area contributed by atoms with Gasteiger partial charge in [-0.3, -0.25) is 0 Å². The molecule has 1 fully saturated rings. The highest BCUT2D eigenvalue weighted by Crippen LogP contribution is 2.37. The predicted octanol–water partition coefficient (Wildman–Crippen LogP) is 3.90. The zero-order chi connectivity index (χ0) is 9.26. The van der Waals surface area contributed by atoms with Crippen molar-refractivity contribution in [1.82, 2.24) is 0 Å². The maximum Gasteiger partial charge on any atom is 0.0438 e. The van der Waals surface area contributed by atoms with Crippen molar-refractivity contribution in [3.8, 4) is 0 Å². The van der Waals surface area contributed by atoms with Gasteiger partial charge in [0.25, 0.3) is 0 Å². The Morgan fingerprint density at radius 3 is 2.62 bits per heavy atom. The average molecular weight is 215 g/mol. The Kier molecular flexibility index (Phi) is 2.80. The maximum absolute atomic E-state index is 6.23. The lowest BCUT2D eigenvalue weighted by Gasteiger charge is -2.08. The molecule has 70 valence electrons. The van der Waals surface area contributed by atoms with Gasteiger partial charge in [-0.2, -0.15) is 0 Å². The summed E-state index contributed by atoms with van der Waals surface area (Å²) < 4.78 is 0. The van der Waals surface area contributed by atoms with E-state index in [0.717, 1.165) is 17.4 Å². The van der Waals surface area contributed by atoms with Crippen LogP contribution in [-0.4, -0.2) is 5.38 Å². The van der Waals surface area contributed by atoms with Crippen LogP contribution in [0.5, 0.6) is 0 Å². The van der Waals surface area contributed by atoms with Crippen LogP contribution in [0, 0.1) is 5.92 Å². The summed E-state index contributed by atoms with van der Waals surface area (Å²) in [6.45, 7) is 0. The Bertz CT molecular complexity index is 292. The first-order valence-corrected chi connectivity index (χ1v) is 5.46. The molecule has 2 heteroatoms. The van der Waals surface area contributed by atoms with Crippen molar-refractivity contribution < 1.29 is 0 Å². The van der Waals surface area contributed by atoms with Gasteiger partial charge in [0.2, 0.25) is 0 Å². The van der Waals surface area contributed by atoms with Crippen LogP contribution in [0.1, 0.15) is 18.4 Å². The summed E-state index contributed by atoms with van der Waals surface area (Å²) in [5, 5.41) is 1.12. The van der Waals surface area contributed by atoms with Crippen molar-refractivity contribution in [3.05, 3.63) is 34.9 Å². The molecule has 1 aliphatic carbocycles. The molecule has 0 heterocycles. The number of halogens is 2. The molecule has 0 saturated heterocycles. The summed E-state index contributed by atoms with van der Waals surface area (Å²) in [6, 6.07) is 7.94. The number of hydrogen-bond donors (Lipinski definition) is 0. The Hall–Kier alpha value is -0.200. The monoisotopic (exact) mass is 214 g/mol. The van der Waals surface area contributed by atoms with Gasteiger partial charge in [-0.1, -0.05) is 29.8 Å². The van der Waals surface area contributed by atoms with Crippen LogP contribution in [0.3, 0.4) is 0 Å². The van der Waals surface area contributed by atoms with E-state index in [9.17, 15) is 0 Å². The largest absolute Gasteiger partial charge is 0.122 e. The molecular formula is C11H12Cl2. The molecule has 0 aliphatic heterocycles. The quantitative estimate of drug-likeness (QED) is 0.670. The molecule has 0 N–H and O–H groups in total. The SMILES string of the molecule is Clc1ccccc1CC(Cl)C1CC1. The number of alkyl halides is 1. The van der Waals surface area contributed by atoms with Crippen molar-refractivity contribution in [2.24, 2.45) is 5.92 Å².